The monoisotopic (exact) mass is 553 g/mol. The van der Waals surface area contributed by atoms with E-state index in [1.54, 1.807) is 41.5 Å². The van der Waals surface area contributed by atoms with E-state index in [-0.39, 0.29) is 12.5 Å². The lowest BCUT2D eigenvalue weighted by Gasteiger charge is -2.22. The van der Waals surface area contributed by atoms with Gasteiger partial charge in [0.1, 0.15) is 11.2 Å². The van der Waals surface area contributed by atoms with Gasteiger partial charge in [-0.05, 0) is 87.9 Å². The molecular weight excluding hydrogens is 529 g/mol. The molecule has 0 saturated carbocycles. The summed E-state index contributed by atoms with van der Waals surface area (Å²) in [4.78, 5) is 28.4. The average Bonchev–Trinajstić information content (AvgIpc) is 2.39. The number of rotatable bonds is 2. The van der Waals surface area contributed by atoms with Gasteiger partial charge in [-0.2, -0.15) is 0 Å². The number of amides is 2. The molecular formula is C18H25BrIN3O4. The maximum Gasteiger partial charge on any atom is 0.414 e. The Morgan fingerprint density at radius 2 is 1.48 bits per heavy atom. The van der Waals surface area contributed by atoms with E-state index in [2.05, 4.69) is 54.1 Å². The van der Waals surface area contributed by atoms with Crippen LogP contribution < -0.4 is 10.6 Å². The van der Waals surface area contributed by atoms with Crippen molar-refractivity contribution in [1.82, 2.24) is 10.6 Å². The van der Waals surface area contributed by atoms with E-state index < -0.39 is 23.4 Å². The molecule has 0 atom stereocenters. The molecule has 2 amide bonds. The molecule has 0 fully saturated rings. The van der Waals surface area contributed by atoms with Crippen molar-refractivity contribution in [2.24, 2.45) is 4.99 Å². The van der Waals surface area contributed by atoms with E-state index in [1.807, 2.05) is 18.2 Å². The number of benzene rings is 1. The van der Waals surface area contributed by atoms with Crippen molar-refractivity contribution >= 4 is 56.7 Å². The summed E-state index contributed by atoms with van der Waals surface area (Å²) in [7, 11) is 0. The summed E-state index contributed by atoms with van der Waals surface area (Å²) in [6.07, 6.45) is -1.44. The van der Waals surface area contributed by atoms with Crippen molar-refractivity contribution in [3.63, 3.8) is 0 Å². The lowest BCUT2D eigenvalue weighted by atomic mass is 10.2. The molecule has 2 N–H and O–H groups in total. The quantitative estimate of drug-likeness (QED) is 0.308. The van der Waals surface area contributed by atoms with Gasteiger partial charge in [0.25, 0.3) is 0 Å². The Balaban J connectivity index is 2.94. The Morgan fingerprint density at radius 3 is 1.89 bits per heavy atom. The predicted octanol–water partition coefficient (Wildman–Crippen LogP) is 4.96. The first-order chi connectivity index (χ1) is 12.2. The SMILES string of the molecule is CC(C)(C)OC(=O)NC(=NCc1cc(Br)cc(I)c1)NC(=O)OC(C)(C)C. The number of alkyl carbamates (subject to hydrolysis) is 2. The van der Waals surface area contributed by atoms with Crippen molar-refractivity contribution in [3.05, 3.63) is 31.8 Å². The summed E-state index contributed by atoms with van der Waals surface area (Å²) < 4.78 is 12.4. The van der Waals surface area contributed by atoms with Gasteiger partial charge in [0.15, 0.2) is 0 Å². The first kappa shape index (κ1) is 23.7. The molecule has 7 nitrogen and oxygen atoms in total. The summed E-state index contributed by atoms with van der Waals surface area (Å²) >= 11 is 5.63. The molecule has 0 bridgehead atoms. The molecule has 9 heteroatoms. The fraction of sp³-hybridized carbons (Fsp3) is 0.500. The van der Waals surface area contributed by atoms with E-state index in [0.717, 1.165) is 13.6 Å². The van der Waals surface area contributed by atoms with E-state index >= 15 is 0 Å². The second-order valence-corrected chi connectivity index (χ2v) is 9.86. The van der Waals surface area contributed by atoms with E-state index in [0.29, 0.717) is 0 Å². The fourth-order valence-electron chi connectivity index (χ4n) is 1.78. The Hall–Kier alpha value is -1.36. The molecule has 0 radical (unpaired) electrons. The molecule has 0 aromatic heterocycles. The van der Waals surface area contributed by atoms with Gasteiger partial charge in [0, 0.05) is 8.04 Å². The highest BCUT2D eigenvalue weighted by Gasteiger charge is 2.21. The fourth-order valence-corrected chi connectivity index (χ4v) is 3.49. The number of aliphatic imine (C=N–C) groups is 1. The Labute approximate surface area is 181 Å². The summed E-state index contributed by atoms with van der Waals surface area (Å²) in [5.41, 5.74) is -0.452. The minimum absolute atomic E-state index is 0.0477. The van der Waals surface area contributed by atoms with Gasteiger partial charge in [-0.15, -0.1) is 0 Å². The smallest absolute Gasteiger partial charge is 0.414 e. The number of hydrogen-bond donors (Lipinski definition) is 2. The number of hydrogen-bond acceptors (Lipinski definition) is 5. The van der Waals surface area contributed by atoms with Gasteiger partial charge in [-0.1, -0.05) is 15.9 Å². The van der Waals surface area contributed by atoms with Crippen LogP contribution in [0.15, 0.2) is 27.7 Å². The lowest BCUT2D eigenvalue weighted by molar-refractivity contribution is 0.0545. The van der Waals surface area contributed by atoms with Crippen LogP contribution in [0.5, 0.6) is 0 Å². The highest BCUT2D eigenvalue weighted by molar-refractivity contribution is 14.1. The number of carbonyl (C=O) groups excluding carboxylic acids is 2. The topological polar surface area (TPSA) is 89.0 Å². The van der Waals surface area contributed by atoms with Gasteiger partial charge in [-0.3, -0.25) is 10.6 Å². The molecule has 27 heavy (non-hydrogen) atoms. The van der Waals surface area contributed by atoms with Crippen molar-refractivity contribution < 1.29 is 19.1 Å². The Morgan fingerprint density at radius 1 is 1.00 bits per heavy atom. The van der Waals surface area contributed by atoms with Crippen LogP contribution in [0.25, 0.3) is 0 Å². The molecule has 0 heterocycles. The van der Waals surface area contributed by atoms with Crippen LogP contribution in [-0.4, -0.2) is 29.3 Å². The van der Waals surface area contributed by atoms with Crippen LogP contribution in [0.3, 0.4) is 0 Å². The molecule has 0 saturated heterocycles. The highest BCUT2D eigenvalue weighted by atomic mass is 127. The van der Waals surface area contributed by atoms with Crippen LogP contribution >= 0.6 is 38.5 Å². The Bertz CT molecular complexity index is 672. The molecule has 0 spiro atoms. The highest BCUT2D eigenvalue weighted by Crippen LogP contribution is 2.18. The number of nitrogens with one attached hydrogen (secondary N) is 2. The maximum atomic E-state index is 12.0. The third-order valence-corrected chi connectivity index (χ3v) is 3.66. The summed E-state index contributed by atoms with van der Waals surface area (Å²) in [6, 6.07) is 5.82. The number of ether oxygens (including phenoxy) is 2. The molecule has 150 valence electrons. The molecule has 0 aliphatic carbocycles. The number of carbonyl (C=O) groups is 2. The van der Waals surface area contributed by atoms with Crippen LogP contribution in [0.2, 0.25) is 0 Å². The molecule has 0 aliphatic heterocycles. The van der Waals surface area contributed by atoms with Crippen molar-refractivity contribution in [1.29, 1.82) is 0 Å². The zero-order chi connectivity index (χ0) is 20.8. The summed E-state index contributed by atoms with van der Waals surface area (Å²) in [5, 5.41) is 4.91. The predicted molar refractivity (Wildman–Crippen MR) is 117 cm³/mol. The van der Waals surface area contributed by atoms with Gasteiger partial charge < -0.3 is 9.47 Å². The minimum Gasteiger partial charge on any atom is -0.444 e. The molecule has 0 aliphatic rings. The maximum absolute atomic E-state index is 12.0. The van der Waals surface area contributed by atoms with Gasteiger partial charge >= 0.3 is 12.2 Å². The molecule has 1 aromatic carbocycles. The standard InChI is InChI=1S/C18H25BrIN3O4/c1-17(2,3)26-15(24)22-14(23-16(25)27-18(4,5)6)21-10-11-7-12(19)9-13(20)8-11/h7-9H,10H2,1-6H3,(H2,21,22,23,24,25). The summed E-state index contributed by atoms with van der Waals surface area (Å²) in [5.74, 6) is -0.0477. The van der Waals surface area contributed by atoms with E-state index in [9.17, 15) is 9.59 Å². The normalized spacial score (nSPS) is 11.4. The van der Waals surface area contributed by atoms with Crippen molar-refractivity contribution in [3.8, 4) is 0 Å². The molecule has 1 rings (SSSR count). The van der Waals surface area contributed by atoms with Crippen LogP contribution in [0.1, 0.15) is 47.1 Å². The van der Waals surface area contributed by atoms with E-state index in [4.69, 9.17) is 9.47 Å². The van der Waals surface area contributed by atoms with Gasteiger partial charge in [0.05, 0.1) is 6.54 Å². The molecule has 1 aromatic rings. The van der Waals surface area contributed by atoms with Crippen molar-refractivity contribution in [2.75, 3.05) is 0 Å². The van der Waals surface area contributed by atoms with E-state index in [1.165, 1.54) is 0 Å². The summed E-state index contributed by atoms with van der Waals surface area (Å²) in [6.45, 7) is 10.7. The number of halogens is 2. The third-order valence-electron chi connectivity index (χ3n) is 2.58. The second kappa shape index (κ2) is 9.72. The van der Waals surface area contributed by atoms with Crippen LogP contribution in [0.4, 0.5) is 9.59 Å². The van der Waals surface area contributed by atoms with Crippen LogP contribution in [-0.2, 0) is 16.0 Å². The van der Waals surface area contributed by atoms with Gasteiger partial charge in [-0.25, -0.2) is 14.6 Å². The number of nitrogens with zero attached hydrogens (tertiary/aromatic N) is 1. The molecule has 0 unspecified atom stereocenters. The number of guanidine groups is 1. The minimum atomic E-state index is -0.721. The zero-order valence-electron chi connectivity index (χ0n) is 16.3. The second-order valence-electron chi connectivity index (χ2n) is 7.70. The van der Waals surface area contributed by atoms with Crippen LogP contribution in [0, 0.1) is 3.57 Å². The first-order valence-electron chi connectivity index (χ1n) is 8.23. The first-order valence-corrected chi connectivity index (χ1v) is 10.1. The van der Waals surface area contributed by atoms with Crippen molar-refractivity contribution in [2.45, 2.75) is 59.3 Å². The average molecular weight is 554 g/mol. The Kier molecular flexibility index (Phi) is 8.52. The lowest BCUT2D eigenvalue weighted by Crippen LogP contribution is -2.47. The zero-order valence-corrected chi connectivity index (χ0v) is 20.0. The largest absolute Gasteiger partial charge is 0.444 e. The van der Waals surface area contributed by atoms with Gasteiger partial charge in [0.2, 0.25) is 5.96 Å². The third kappa shape index (κ3) is 11.2.